The standard InChI is InChI=1S/C33H35NO/c1-23-11-16-27(17-12-23)34(28-18-13-24(2)14-19-28)22-26-9-7-8-10-29(26)25-15-20-30-31(21-25)33(5,6)35-32(30,3)4/h7-21H,22H2,1-6H3. The molecule has 1 heterocycles. The molecule has 0 saturated carbocycles. The predicted octanol–water partition coefficient (Wildman–Crippen LogP) is 8.81. The first kappa shape index (κ1) is 23.4. The summed E-state index contributed by atoms with van der Waals surface area (Å²) in [6.45, 7) is 13.7. The molecule has 0 saturated heterocycles. The van der Waals surface area contributed by atoms with Gasteiger partial charge in [-0.2, -0.15) is 0 Å². The van der Waals surface area contributed by atoms with Crippen LogP contribution in [-0.4, -0.2) is 0 Å². The zero-order valence-corrected chi connectivity index (χ0v) is 21.7. The lowest BCUT2D eigenvalue weighted by Gasteiger charge is -2.27. The maximum Gasteiger partial charge on any atom is 0.0891 e. The van der Waals surface area contributed by atoms with Crippen LogP contribution in [0.25, 0.3) is 11.1 Å². The number of hydrogen-bond acceptors (Lipinski definition) is 2. The summed E-state index contributed by atoms with van der Waals surface area (Å²) in [6, 6.07) is 33.3. The summed E-state index contributed by atoms with van der Waals surface area (Å²) in [5, 5.41) is 0. The van der Waals surface area contributed by atoms with Crippen LogP contribution in [0.1, 0.15) is 55.5 Å². The smallest absolute Gasteiger partial charge is 0.0891 e. The molecule has 0 aromatic heterocycles. The van der Waals surface area contributed by atoms with Crippen LogP contribution in [0.2, 0.25) is 0 Å². The van der Waals surface area contributed by atoms with Gasteiger partial charge in [0.1, 0.15) is 0 Å². The van der Waals surface area contributed by atoms with Crippen molar-refractivity contribution in [3.05, 3.63) is 119 Å². The SMILES string of the molecule is Cc1ccc(N(Cc2ccccc2-c2ccc3c(c2)C(C)(C)OC3(C)C)c2ccc(C)cc2)cc1. The van der Waals surface area contributed by atoms with Crippen molar-refractivity contribution in [1.82, 2.24) is 0 Å². The summed E-state index contributed by atoms with van der Waals surface area (Å²) >= 11 is 0. The average molecular weight is 462 g/mol. The minimum absolute atomic E-state index is 0.273. The molecule has 4 aromatic rings. The highest BCUT2D eigenvalue weighted by atomic mass is 16.5. The third-order valence-electron chi connectivity index (χ3n) is 7.18. The van der Waals surface area contributed by atoms with E-state index in [1.807, 2.05) is 0 Å². The van der Waals surface area contributed by atoms with Gasteiger partial charge in [0.2, 0.25) is 0 Å². The second-order valence-corrected chi connectivity index (χ2v) is 10.8. The van der Waals surface area contributed by atoms with Gasteiger partial charge in [0.25, 0.3) is 0 Å². The average Bonchev–Trinajstić information content (AvgIpc) is 3.02. The van der Waals surface area contributed by atoms with Crippen molar-refractivity contribution in [3.63, 3.8) is 0 Å². The summed E-state index contributed by atoms with van der Waals surface area (Å²) in [7, 11) is 0. The Morgan fingerprint density at radius 1 is 0.629 bits per heavy atom. The van der Waals surface area contributed by atoms with E-state index in [-0.39, 0.29) is 11.2 Å². The van der Waals surface area contributed by atoms with Crippen molar-refractivity contribution in [1.29, 1.82) is 0 Å². The van der Waals surface area contributed by atoms with Crippen LogP contribution >= 0.6 is 0 Å². The van der Waals surface area contributed by atoms with Gasteiger partial charge in [-0.15, -0.1) is 0 Å². The Morgan fingerprint density at radius 3 is 1.77 bits per heavy atom. The van der Waals surface area contributed by atoms with E-state index in [1.165, 1.54) is 50.3 Å². The lowest BCUT2D eigenvalue weighted by Crippen LogP contribution is -2.22. The minimum atomic E-state index is -0.306. The Hall–Kier alpha value is -3.36. The van der Waals surface area contributed by atoms with Crippen LogP contribution in [0.15, 0.2) is 91.0 Å². The fourth-order valence-electron chi connectivity index (χ4n) is 5.37. The second kappa shape index (κ2) is 8.70. The van der Waals surface area contributed by atoms with Gasteiger partial charge in [0, 0.05) is 17.9 Å². The van der Waals surface area contributed by atoms with E-state index in [2.05, 4.69) is 137 Å². The Morgan fingerprint density at radius 2 is 1.17 bits per heavy atom. The van der Waals surface area contributed by atoms with E-state index >= 15 is 0 Å². The van der Waals surface area contributed by atoms with Crippen molar-refractivity contribution < 1.29 is 4.74 Å². The molecule has 1 aliphatic rings. The molecule has 2 nitrogen and oxygen atoms in total. The Kier molecular flexibility index (Phi) is 5.81. The van der Waals surface area contributed by atoms with Gasteiger partial charge in [-0.05, 0) is 99.7 Å². The van der Waals surface area contributed by atoms with E-state index in [0.717, 1.165) is 6.54 Å². The highest BCUT2D eigenvalue weighted by Gasteiger charge is 2.42. The molecule has 0 amide bonds. The monoisotopic (exact) mass is 461 g/mol. The van der Waals surface area contributed by atoms with Gasteiger partial charge in [0.15, 0.2) is 0 Å². The third kappa shape index (κ3) is 4.51. The van der Waals surface area contributed by atoms with Gasteiger partial charge in [-0.1, -0.05) is 71.8 Å². The van der Waals surface area contributed by atoms with Crippen molar-refractivity contribution in [2.24, 2.45) is 0 Å². The van der Waals surface area contributed by atoms with Gasteiger partial charge in [-0.3, -0.25) is 0 Å². The maximum absolute atomic E-state index is 6.42. The summed E-state index contributed by atoms with van der Waals surface area (Å²) in [5.41, 5.74) is 10.7. The van der Waals surface area contributed by atoms with E-state index < -0.39 is 0 Å². The molecule has 0 atom stereocenters. The molecule has 0 aliphatic carbocycles. The largest absolute Gasteiger partial charge is 0.360 e. The van der Waals surface area contributed by atoms with Gasteiger partial charge >= 0.3 is 0 Å². The lowest BCUT2D eigenvalue weighted by atomic mass is 9.87. The number of ether oxygens (including phenoxy) is 1. The zero-order chi connectivity index (χ0) is 24.8. The van der Waals surface area contributed by atoms with Crippen molar-refractivity contribution >= 4 is 11.4 Å². The maximum atomic E-state index is 6.42. The van der Waals surface area contributed by atoms with Crippen LogP contribution in [0.4, 0.5) is 11.4 Å². The van der Waals surface area contributed by atoms with Crippen molar-refractivity contribution in [2.45, 2.75) is 59.3 Å². The normalized spacial score (nSPS) is 15.6. The number of benzene rings is 4. The molecular weight excluding hydrogens is 426 g/mol. The molecular formula is C33H35NO. The van der Waals surface area contributed by atoms with E-state index in [9.17, 15) is 0 Å². The molecule has 0 fully saturated rings. The molecule has 2 heteroatoms. The summed E-state index contributed by atoms with van der Waals surface area (Å²) < 4.78 is 6.42. The molecule has 178 valence electrons. The van der Waals surface area contributed by atoms with Crippen molar-refractivity contribution in [2.75, 3.05) is 4.90 Å². The van der Waals surface area contributed by atoms with E-state index in [1.54, 1.807) is 0 Å². The summed E-state index contributed by atoms with van der Waals surface area (Å²) in [5.74, 6) is 0. The summed E-state index contributed by atoms with van der Waals surface area (Å²) in [4.78, 5) is 2.40. The van der Waals surface area contributed by atoms with Crippen molar-refractivity contribution in [3.8, 4) is 11.1 Å². The number of rotatable bonds is 5. The fraction of sp³-hybridized carbons (Fsp3) is 0.273. The number of anilines is 2. The molecule has 5 rings (SSSR count). The molecule has 0 unspecified atom stereocenters. The van der Waals surface area contributed by atoms with Crippen LogP contribution in [0.5, 0.6) is 0 Å². The van der Waals surface area contributed by atoms with Crippen LogP contribution in [0.3, 0.4) is 0 Å². The van der Waals surface area contributed by atoms with Crippen LogP contribution < -0.4 is 4.90 Å². The molecule has 0 radical (unpaired) electrons. The molecule has 0 spiro atoms. The Labute approximate surface area is 210 Å². The molecule has 0 bridgehead atoms. The molecule has 0 N–H and O–H groups in total. The zero-order valence-electron chi connectivity index (χ0n) is 21.7. The number of nitrogens with zero attached hydrogens (tertiary/aromatic N) is 1. The fourth-order valence-corrected chi connectivity index (χ4v) is 5.37. The quantitative estimate of drug-likeness (QED) is 0.294. The minimum Gasteiger partial charge on any atom is -0.360 e. The number of aryl methyl sites for hydroxylation is 2. The number of fused-ring (bicyclic) bond motifs is 1. The molecule has 4 aromatic carbocycles. The van der Waals surface area contributed by atoms with Gasteiger partial charge in [-0.25, -0.2) is 0 Å². The first-order valence-corrected chi connectivity index (χ1v) is 12.5. The Bertz CT molecular complexity index is 1300. The van der Waals surface area contributed by atoms with Crippen LogP contribution in [-0.2, 0) is 22.5 Å². The topological polar surface area (TPSA) is 12.5 Å². The second-order valence-electron chi connectivity index (χ2n) is 10.8. The lowest BCUT2D eigenvalue weighted by molar-refractivity contribution is -0.105. The van der Waals surface area contributed by atoms with E-state index in [4.69, 9.17) is 4.74 Å². The number of hydrogen-bond donors (Lipinski definition) is 0. The third-order valence-corrected chi connectivity index (χ3v) is 7.18. The predicted molar refractivity (Wildman–Crippen MR) is 147 cm³/mol. The Balaban J connectivity index is 1.58. The van der Waals surface area contributed by atoms with Gasteiger partial charge in [0.05, 0.1) is 11.2 Å². The highest BCUT2D eigenvalue weighted by Crippen LogP contribution is 2.48. The van der Waals surface area contributed by atoms with Crippen LogP contribution in [0, 0.1) is 13.8 Å². The first-order valence-electron chi connectivity index (χ1n) is 12.5. The molecule has 1 aliphatic heterocycles. The summed E-state index contributed by atoms with van der Waals surface area (Å²) in [6.07, 6.45) is 0. The highest BCUT2D eigenvalue weighted by molar-refractivity contribution is 5.72. The molecule has 35 heavy (non-hydrogen) atoms. The first-order chi connectivity index (χ1) is 16.6. The van der Waals surface area contributed by atoms with Gasteiger partial charge < -0.3 is 9.64 Å². The van der Waals surface area contributed by atoms with E-state index in [0.29, 0.717) is 0 Å².